The second-order valence-electron chi connectivity index (χ2n) is 3.31. The van der Waals surface area contributed by atoms with Crippen molar-refractivity contribution in [1.82, 2.24) is 4.98 Å². The Labute approximate surface area is 87.1 Å². The topological polar surface area (TPSA) is 62.3 Å². The second-order valence-corrected chi connectivity index (χ2v) is 3.31. The summed E-state index contributed by atoms with van der Waals surface area (Å²) in [6, 6.07) is 3.46. The summed E-state index contributed by atoms with van der Waals surface area (Å²) >= 11 is 0. The van der Waals surface area contributed by atoms with Gasteiger partial charge in [0.15, 0.2) is 0 Å². The lowest BCUT2D eigenvalue weighted by molar-refractivity contribution is -0.117. The Kier molecular flexibility index (Phi) is 2.62. The van der Waals surface area contributed by atoms with E-state index in [4.69, 9.17) is 0 Å². The molecule has 1 aliphatic heterocycles. The third-order valence-corrected chi connectivity index (χ3v) is 2.34. The van der Waals surface area contributed by atoms with Crippen LogP contribution in [0, 0.1) is 0 Å². The summed E-state index contributed by atoms with van der Waals surface area (Å²) < 4.78 is 0. The van der Waals surface area contributed by atoms with E-state index in [1.54, 1.807) is 23.2 Å². The van der Waals surface area contributed by atoms with Gasteiger partial charge in [0, 0.05) is 13.0 Å². The maximum atomic E-state index is 11.4. The number of rotatable bonds is 3. The van der Waals surface area contributed by atoms with Crippen LogP contribution in [0.1, 0.15) is 12.8 Å². The van der Waals surface area contributed by atoms with E-state index in [0.29, 0.717) is 18.6 Å². The van der Waals surface area contributed by atoms with Crippen molar-refractivity contribution in [2.45, 2.75) is 12.8 Å². The first-order valence-corrected chi connectivity index (χ1v) is 4.78. The van der Waals surface area contributed by atoms with E-state index in [9.17, 15) is 9.59 Å². The SMILES string of the molecule is O=CNc1ccc(N2CCCC2=O)cn1. The van der Waals surface area contributed by atoms with Crippen molar-refractivity contribution >= 4 is 23.8 Å². The van der Waals surface area contributed by atoms with Crippen LogP contribution < -0.4 is 10.2 Å². The summed E-state index contributed by atoms with van der Waals surface area (Å²) in [4.78, 5) is 27.3. The van der Waals surface area contributed by atoms with Crippen molar-refractivity contribution in [3.8, 4) is 0 Å². The molecule has 0 aromatic carbocycles. The van der Waals surface area contributed by atoms with E-state index in [1.165, 1.54) is 0 Å². The number of aromatic nitrogens is 1. The molecule has 0 radical (unpaired) electrons. The lowest BCUT2D eigenvalue weighted by atomic mass is 10.3. The van der Waals surface area contributed by atoms with E-state index in [1.807, 2.05) is 0 Å². The Bertz CT molecular complexity index is 375. The van der Waals surface area contributed by atoms with Crippen molar-refractivity contribution in [2.75, 3.05) is 16.8 Å². The Hall–Kier alpha value is -1.91. The molecular formula is C10H11N3O2. The van der Waals surface area contributed by atoms with Crippen molar-refractivity contribution in [1.29, 1.82) is 0 Å². The molecule has 5 nitrogen and oxygen atoms in total. The van der Waals surface area contributed by atoms with Gasteiger partial charge in [-0.1, -0.05) is 0 Å². The molecule has 0 saturated carbocycles. The number of nitrogens with one attached hydrogen (secondary N) is 1. The van der Waals surface area contributed by atoms with E-state index in [-0.39, 0.29) is 5.91 Å². The predicted molar refractivity (Wildman–Crippen MR) is 55.5 cm³/mol. The van der Waals surface area contributed by atoms with Gasteiger partial charge in [-0.2, -0.15) is 0 Å². The zero-order valence-corrected chi connectivity index (χ0v) is 8.14. The number of hydrogen-bond donors (Lipinski definition) is 1. The molecule has 0 bridgehead atoms. The van der Waals surface area contributed by atoms with Crippen LogP contribution in [0.3, 0.4) is 0 Å². The molecule has 2 amide bonds. The number of nitrogens with zero attached hydrogens (tertiary/aromatic N) is 2. The Morgan fingerprint density at radius 3 is 2.87 bits per heavy atom. The molecule has 0 aliphatic carbocycles. The summed E-state index contributed by atoms with van der Waals surface area (Å²) in [6.45, 7) is 0.751. The summed E-state index contributed by atoms with van der Waals surface area (Å²) in [5.41, 5.74) is 0.786. The largest absolute Gasteiger partial charge is 0.313 e. The van der Waals surface area contributed by atoms with Crippen LogP contribution >= 0.6 is 0 Å². The Morgan fingerprint density at radius 2 is 2.33 bits per heavy atom. The first-order chi connectivity index (χ1) is 7.31. The minimum Gasteiger partial charge on any atom is -0.313 e. The van der Waals surface area contributed by atoms with Crippen molar-refractivity contribution in [2.24, 2.45) is 0 Å². The molecule has 1 aromatic heterocycles. The first-order valence-electron chi connectivity index (χ1n) is 4.78. The number of amides is 2. The lowest BCUT2D eigenvalue weighted by Crippen LogP contribution is -2.23. The molecule has 1 aliphatic rings. The van der Waals surface area contributed by atoms with Gasteiger partial charge in [-0.25, -0.2) is 4.98 Å². The van der Waals surface area contributed by atoms with Gasteiger partial charge in [-0.15, -0.1) is 0 Å². The van der Waals surface area contributed by atoms with Crippen LogP contribution in [0.5, 0.6) is 0 Å². The van der Waals surface area contributed by atoms with Crippen LogP contribution in [0.4, 0.5) is 11.5 Å². The van der Waals surface area contributed by atoms with Crippen LogP contribution in [0.15, 0.2) is 18.3 Å². The zero-order valence-electron chi connectivity index (χ0n) is 8.14. The Balaban J connectivity index is 2.15. The Morgan fingerprint density at radius 1 is 1.47 bits per heavy atom. The molecule has 1 saturated heterocycles. The first kappa shape index (κ1) is 9.64. The van der Waals surface area contributed by atoms with Crippen molar-refractivity contribution in [3.05, 3.63) is 18.3 Å². The fourth-order valence-corrected chi connectivity index (χ4v) is 1.61. The van der Waals surface area contributed by atoms with E-state index in [0.717, 1.165) is 18.7 Å². The molecule has 0 atom stereocenters. The number of carbonyl (C=O) groups excluding carboxylic acids is 2. The maximum absolute atomic E-state index is 11.4. The van der Waals surface area contributed by atoms with Crippen molar-refractivity contribution in [3.63, 3.8) is 0 Å². The van der Waals surface area contributed by atoms with Gasteiger partial charge >= 0.3 is 0 Å². The fraction of sp³-hybridized carbons (Fsp3) is 0.300. The highest BCUT2D eigenvalue weighted by Gasteiger charge is 2.21. The average Bonchev–Trinajstić information content (AvgIpc) is 2.66. The van der Waals surface area contributed by atoms with Gasteiger partial charge < -0.3 is 10.2 Å². The average molecular weight is 205 g/mol. The van der Waals surface area contributed by atoms with Gasteiger partial charge in [0.05, 0.1) is 11.9 Å². The van der Waals surface area contributed by atoms with E-state index in [2.05, 4.69) is 10.3 Å². The number of pyridine rings is 1. The minimum absolute atomic E-state index is 0.132. The highest BCUT2D eigenvalue weighted by atomic mass is 16.2. The fourth-order valence-electron chi connectivity index (χ4n) is 1.61. The van der Waals surface area contributed by atoms with Crippen molar-refractivity contribution < 1.29 is 9.59 Å². The summed E-state index contributed by atoms with van der Waals surface area (Å²) in [7, 11) is 0. The maximum Gasteiger partial charge on any atom is 0.227 e. The van der Waals surface area contributed by atoms with Crippen LogP contribution in [-0.4, -0.2) is 23.8 Å². The predicted octanol–water partition coefficient (Wildman–Crippen LogP) is 0.777. The van der Waals surface area contributed by atoms with Gasteiger partial charge in [0.25, 0.3) is 0 Å². The quantitative estimate of drug-likeness (QED) is 0.741. The molecule has 1 N–H and O–H groups in total. The van der Waals surface area contributed by atoms with Gasteiger partial charge in [0.2, 0.25) is 12.3 Å². The van der Waals surface area contributed by atoms with Gasteiger partial charge in [0.1, 0.15) is 5.82 Å². The molecule has 78 valence electrons. The van der Waals surface area contributed by atoms with Crippen LogP contribution in [-0.2, 0) is 9.59 Å². The molecule has 0 spiro atoms. The van der Waals surface area contributed by atoms with Gasteiger partial charge in [-0.05, 0) is 18.6 Å². The number of hydrogen-bond acceptors (Lipinski definition) is 3. The molecule has 1 aromatic rings. The standard InChI is InChI=1S/C10H11N3O2/c14-7-12-9-4-3-8(6-11-9)13-5-1-2-10(13)15/h3-4,6-7H,1-2,5H2,(H,11,12,14). The molecule has 0 unspecified atom stereocenters. The number of carbonyl (C=O) groups is 2. The highest BCUT2D eigenvalue weighted by molar-refractivity contribution is 5.95. The minimum atomic E-state index is 0.132. The van der Waals surface area contributed by atoms with E-state index >= 15 is 0 Å². The zero-order chi connectivity index (χ0) is 10.7. The summed E-state index contributed by atoms with van der Waals surface area (Å²) in [5, 5.41) is 2.44. The normalized spacial score (nSPS) is 15.5. The molecule has 5 heteroatoms. The molecule has 2 rings (SSSR count). The van der Waals surface area contributed by atoms with Crippen LogP contribution in [0.2, 0.25) is 0 Å². The number of anilines is 2. The summed E-state index contributed by atoms with van der Waals surface area (Å²) in [6.07, 6.45) is 3.67. The molecular weight excluding hydrogens is 194 g/mol. The van der Waals surface area contributed by atoms with Crippen LogP contribution in [0.25, 0.3) is 0 Å². The molecule has 1 fully saturated rings. The second kappa shape index (κ2) is 4.08. The highest BCUT2D eigenvalue weighted by Crippen LogP contribution is 2.20. The summed E-state index contributed by atoms with van der Waals surface area (Å²) in [5.74, 6) is 0.619. The smallest absolute Gasteiger partial charge is 0.227 e. The van der Waals surface area contributed by atoms with Gasteiger partial charge in [-0.3, -0.25) is 9.59 Å². The van der Waals surface area contributed by atoms with E-state index < -0.39 is 0 Å². The monoisotopic (exact) mass is 205 g/mol. The third kappa shape index (κ3) is 1.96. The third-order valence-electron chi connectivity index (χ3n) is 2.34. The molecule has 15 heavy (non-hydrogen) atoms. The lowest BCUT2D eigenvalue weighted by Gasteiger charge is -2.14. The molecule has 2 heterocycles.